The molecule has 0 aromatic heterocycles. The molecule has 1 aromatic carbocycles. The molecule has 5 heteroatoms. The zero-order valence-electron chi connectivity index (χ0n) is 14.6. The number of fused-ring (bicyclic) bond motifs is 2. The molecule has 2 heterocycles. The van der Waals surface area contributed by atoms with Gasteiger partial charge in [0.05, 0.1) is 6.61 Å². The van der Waals surface area contributed by atoms with Gasteiger partial charge in [0, 0.05) is 30.3 Å². The molecule has 0 aliphatic carbocycles. The lowest BCUT2D eigenvalue weighted by molar-refractivity contribution is -0.117. The predicted octanol–water partition coefficient (Wildman–Crippen LogP) is 4.00. The first kappa shape index (κ1) is 19.1. The van der Waals surface area contributed by atoms with Crippen molar-refractivity contribution in [3.8, 4) is 5.75 Å². The highest BCUT2D eigenvalue weighted by Gasteiger charge is 2.34. The first-order valence-electron chi connectivity index (χ1n) is 8.87. The van der Waals surface area contributed by atoms with E-state index in [0.717, 1.165) is 24.3 Å². The molecule has 24 heavy (non-hydrogen) atoms. The van der Waals surface area contributed by atoms with Crippen LogP contribution in [0.2, 0.25) is 0 Å². The van der Waals surface area contributed by atoms with Gasteiger partial charge in [0.2, 0.25) is 5.91 Å². The van der Waals surface area contributed by atoms with E-state index in [0.29, 0.717) is 36.9 Å². The number of halogens is 1. The van der Waals surface area contributed by atoms with Crippen LogP contribution in [0.4, 0.5) is 5.69 Å². The topological polar surface area (TPSA) is 50.4 Å². The summed E-state index contributed by atoms with van der Waals surface area (Å²) in [6.45, 7) is 4.94. The Kier molecular flexibility index (Phi) is 6.93. The number of rotatable bonds is 6. The Hall–Kier alpha value is -1.26. The zero-order chi connectivity index (χ0) is 16.2. The van der Waals surface area contributed by atoms with Crippen molar-refractivity contribution in [2.75, 3.05) is 11.9 Å². The number of ether oxygens (including phenoxy) is 1. The first-order chi connectivity index (χ1) is 11.1. The largest absolute Gasteiger partial charge is 0.493 e. The SMILES string of the molecule is CC(C)COc1cccc(NC(=O)CC2CC3CCC(C2)N3)c1.Cl. The van der Waals surface area contributed by atoms with Gasteiger partial charge in [-0.3, -0.25) is 4.79 Å². The van der Waals surface area contributed by atoms with Gasteiger partial charge in [0.1, 0.15) is 5.75 Å². The molecule has 1 amide bonds. The molecule has 2 saturated heterocycles. The monoisotopic (exact) mass is 352 g/mol. The molecule has 1 aromatic rings. The van der Waals surface area contributed by atoms with E-state index in [1.165, 1.54) is 12.8 Å². The van der Waals surface area contributed by atoms with E-state index in [-0.39, 0.29) is 18.3 Å². The third kappa shape index (κ3) is 5.38. The fourth-order valence-electron chi connectivity index (χ4n) is 3.74. The number of hydrogen-bond donors (Lipinski definition) is 2. The molecule has 2 fully saturated rings. The summed E-state index contributed by atoms with van der Waals surface area (Å²) in [5.41, 5.74) is 0.827. The van der Waals surface area contributed by atoms with Gasteiger partial charge >= 0.3 is 0 Å². The number of nitrogens with one attached hydrogen (secondary N) is 2. The maximum absolute atomic E-state index is 12.3. The van der Waals surface area contributed by atoms with Crippen molar-refractivity contribution >= 4 is 24.0 Å². The molecule has 2 aliphatic rings. The van der Waals surface area contributed by atoms with Crippen LogP contribution in [0.3, 0.4) is 0 Å². The molecular weight excluding hydrogens is 324 g/mol. The lowest BCUT2D eigenvalue weighted by Gasteiger charge is -2.28. The van der Waals surface area contributed by atoms with Crippen LogP contribution in [-0.4, -0.2) is 24.6 Å². The van der Waals surface area contributed by atoms with Crippen LogP contribution < -0.4 is 15.4 Å². The molecule has 2 unspecified atom stereocenters. The fraction of sp³-hybridized carbons (Fsp3) is 0.632. The molecule has 2 N–H and O–H groups in total. The van der Waals surface area contributed by atoms with E-state index < -0.39 is 0 Å². The van der Waals surface area contributed by atoms with Gasteiger partial charge < -0.3 is 15.4 Å². The Morgan fingerprint density at radius 3 is 2.67 bits per heavy atom. The summed E-state index contributed by atoms with van der Waals surface area (Å²) in [7, 11) is 0. The van der Waals surface area contributed by atoms with E-state index in [9.17, 15) is 4.79 Å². The van der Waals surface area contributed by atoms with E-state index in [1.807, 2.05) is 24.3 Å². The second kappa shape index (κ2) is 8.72. The summed E-state index contributed by atoms with van der Waals surface area (Å²) in [6, 6.07) is 8.97. The smallest absolute Gasteiger partial charge is 0.224 e. The zero-order valence-corrected chi connectivity index (χ0v) is 15.4. The van der Waals surface area contributed by atoms with Gasteiger partial charge in [-0.05, 0) is 49.7 Å². The van der Waals surface area contributed by atoms with Crippen LogP contribution in [0.25, 0.3) is 0 Å². The van der Waals surface area contributed by atoms with Gasteiger partial charge in [-0.1, -0.05) is 19.9 Å². The summed E-state index contributed by atoms with van der Waals surface area (Å²) >= 11 is 0. The molecule has 3 rings (SSSR count). The van der Waals surface area contributed by atoms with E-state index >= 15 is 0 Å². The number of piperidine rings is 1. The normalized spacial score (nSPS) is 25.2. The van der Waals surface area contributed by atoms with Crippen LogP contribution in [-0.2, 0) is 4.79 Å². The minimum atomic E-state index is 0. The average Bonchev–Trinajstić information content (AvgIpc) is 2.84. The Balaban J connectivity index is 0.00000208. The number of carbonyl (C=O) groups excluding carboxylic acids is 1. The Bertz CT molecular complexity index is 538. The summed E-state index contributed by atoms with van der Waals surface area (Å²) < 4.78 is 5.72. The van der Waals surface area contributed by atoms with E-state index in [4.69, 9.17) is 4.74 Å². The van der Waals surface area contributed by atoms with Crippen LogP contribution >= 0.6 is 12.4 Å². The Morgan fingerprint density at radius 1 is 1.29 bits per heavy atom. The quantitative estimate of drug-likeness (QED) is 0.813. The fourth-order valence-corrected chi connectivity index (χ4v) is 3.74. The Morgan fingerprint density at radius 2 is 2.00 bits per heavy atom. The lowest BCUT2D eigenvalue weighted by atomic mass is 9.89. The standard InChI is InChI=1S/C19H28N2O2.ClH/c1-13(2)12-23-18-5-3-4-15(11-18)21-19(22)10-14-8-16-6-7-17(9-14)20-16;/h3-5,11,13-14,16-17,20H,6-10,12H2,1-2H3,(H,21,22);1H. The van der Waals surface area contributed by atoms with Gasteiger partial charge in [0.25, 0.3) is 0 Å². The summed E-state index contributed by atoms with van der Waals surface area (Å²) in [6.07, 6.45) is 5.46. The molecule has 0 spiro atoms. The highest BCUT2D eigenvalue weighted by Crippen LogP contribution is 2.32. The maximum atomic E-state index is 12.3. The van der Waals surface area contributed by atoms with Gasteiger partial charge in [-0.2, -0.15) is 0 Å². The van der Waals surface area contributed by atoms with Crippen molar-refractivity contribution in [3.05, 3.63) is 24.3 Å². The molecule has 2 atom stereocenters. The second-order valence-electron chi connectivity index (χ2n) is 7.46. The highest BCUT2D eigenvalue weighted by atomic mass is 35.5. The Labute approximate surface area is 151 Å². The molecule has 2 aliphatic heterocycles. The van der Waals surface area contributed by atoms with Crippen molar-refractivity contribution in [1.29, 1.82) is 0 Å². The molecule has 134 valence electrons. The van der Waals surface area contributed by atoms with Crippen molar-refractivity contribution in [2.45, 2.75) is 58.0 Å². The number of anilines is 1. The third-order valence-corrected chi connectivity index (χ3v) is 4.75. The molecule has 4 nitrogen and oxygen atoms in total. The summed E-state index contributed by atoms with van der Waals surface area (Å²) in [4.78, 5) is 12.3. The lowest BCUT2D eigenvalue weighted by Crippen LogP contribution is -2.39. The van der Waals surface area contributed by atoms with Gasteiger partial charge in [-0.25, -0.2) is 0 Å². The number of benzene rings is 1. The van der Waals surface area contributed by atoms with Gasteiger partial charge in [0.15, 0.2) is 0 Å². The maximum Gasteiger partial charge on any atom is 0.224 e. The minimum Gasteiger partial charge on any atom is -0.493 e. The molecule has 0 radical (unpaired) electrons. The van der Waals surface area contributed by atoms with E-state index in [2.05, 4.69) is 24.5 Å². The van der Waals surface area contributed by atoms with Crippen molar-refractivity contribution in [2.24, 2.45) is 11.8 Å². The first-order valence-corrected chi connectivity index (χ1v) is 8.87. The van der Waals surface area contributed by atoms with Crippen molar-refractivity contribution < 1.29 is 9.53 Å². The summed E-state index contributed by atoms with van der Waals surface area (Å²) in [5.74, 6) is 1.95. The van der Waals surface area contributed by atoms with E-state index in [1.54, 1.807) is 0 Å². The molecular formula is C19H29ClN2O2. The number of hydrogen-bond acceptors (Lipinski definition) is 3. The predicted molar refractivity (Wildman–Crippen MR) is 99.9 cm³/mol. The highest BCUT2D eigenvalue weighted by molar-refractivity contribution is 5.91. The van der Waals surface area contributed by atoms with Gasteiger partial charge in [-0.15, -0.1) is 12.4 Å². The number of carbonyl (C=O) groups is 1. The summed E-state index contributed by atoms with van der Waals surface area (Å²) in [5, 5.41) is 6.65. The van der Waals surface area contributed by atoms with Crippen molar-refractivity contribution in [3.63, 3.8) is 0 Å². The average molecular weight is 353 g/mol. The molecule has 2 bridgehead atoms. The van der Waals surface area contributed by atoms with Crippen molar-refractivity contribution in [1.82, 2.24) is 5.32 Å². The third-order valence-electron chi connectivity index (χ3n) is 4.75. The minimum absolute atomic E-state index is 0. The second-order valence-corrected chi connectivity index (χ2v) is 7.46. The van der Waals surface area contributed by atoms with Crippen LogP contribution in [0, 0.1) is 11.8 Å². The molecule has 0 saturated carbocycles. The van der Waals surface area contributed by atoms with Crippen LogP contribution in [0.1, 0.15) is 46.0 Å². The van der Waals surface area contributed by atoms with Crippen LogP contribution in [0.15, 0.2) is 24.3 Å². The number of amides is 1. The van der Waals surface area contributed by atoms with Crippen LogP contribution in [0.5, 0.6) is 5.75 Å².